The van der Waals surface area contributed by atoms with Gasteiger partial charge in [-0.3, -0.25) is 9.59 Å². The van der Waals surface area contributed by atoms with E-state index in [4.69, 9.17) is 15.8 Å². The second-order valence-electron chi connectivity index (χ2n) is 11.6. The van der Waals surface area contributed by atoms with Crippen LogP contribution in [0.1, 0.15) is 71.7 Å². The summed E-state index contributed by atoms with van der Waals surface area (Å²) in [6.45, 7) is 5.69. The monoisotopic (exact) mass is 558 g/mol. The molecule has 0 radical (unpaired) electrons. The van der Waals surface area contributed by atoms with Crippen LogP contribution >= 0.6 is 11.3 Å². The number of hydrogen-bond acceptors (Lipinski definition) is 6. The molecule has 4 aromatic rings. The molecule has 7 rings (SSSR count). The van der Waals surface area contributed by atoms with Crippen LogP contribution in [0.5, 0.6) is 0 Å². The Morgan fingerprint density at radius 3 is 2.70 bits per heavy atom. The molecule has 2 atom stereocenters. The minimum Gasteiger partial charge on any atom is -0.370 e. The molecule has 2 fully saturated rings. The zero-order valence-corrected chi connectivity index (χ0v) is 23.4. The topological polar surface area (TPSA) is 96.8 Å². The lowest BCUT2D eigenvalue weighted by Crippen LogP contribution is -2.38. The Morgan fingerprint density at radius 1 is 1.15 bits per heavy atom. The third-order valence-electron chi connectivity index (χ3n) is 8.87. The number of thiophene rings is 1. The first-order chi connectivity index (χ1) is 19.2. The predicted octanol–water partition coefficient (Wildman–Crippen LogP) is 4.94. The molecule has 206 valence electrons. The van der Waals surface area contributed by atoms with Gasteiger partial charge in [-0.05, 0) is 80.8 Å². The Morgan fingerprint density at radius 2 is 1.98 bits per heavy atom. The van der Waals surface area contributed by atoms with Gasteiger partial charge in [0, 0.05) is 53.4 Å². The summed E-state index contributed by atoms with van der Waals surface area (Å²) in [6, 6.07) is 10.8. The minimum absolute atomic E-state index is 0.00516. The van der Waals surface area contributed by atoms with E-state index in [0.717, 1.165) is 25.0 Å². The first-order valence-electron chi connectivity index (χ1n) is 13.8. The molecule has 2 amide bonds. The number of anilines is 1. The van der Waals surface area contributed by atoms with Crippen molar-refractivity contribution in [3.05, 3.63) is 69.4 Å². The maximum absolute atomic E-state index is 15.5. The van der Waals surface area contributed by atoms with Crippen molar-refractivity contribution in [2.24, 2.45) is 11.1 Å². The number of nitrogens with two attached hydrogens (primary N) is 1. The molecule has 3 aliphatic rings. The smallest absolute Gasteiger partial charge is 0.273 e. The molecule has 0 bridgehead atoms. The molecule has 1 saturated heterocycles. The Labute approximate surface area is 235 Å². The summed E-state index contributed by atoms with van der Waals surface area (Å²) in [5.74, 6) is -0.499. The highest BCUT2D eigenvalue weighted by atomic mass is 32.1. The Hall–Kier alpha value is -3.79. The molecule has 0 spiro atoms. The van der Waals surface area contributed by atoms with Gasteiger partial charge in [0.1, 0.15) is 11.5 Å². The second kappa shape index (κ2) is 9.12. The van der Waals surface area contributed by atoms with Crippen LogP contribution in [-0.4, -0.2) is 50.9 Å². The normalized spacial score (nSPS) is 22.6. The molecule has 3 aromatic heterocycles. The fourth-order valence-electron chi connectivity index (χ4n) is 6.13. The van der Waals surface area contributed by atoms with E-state index in [9.17, 15) is 9.59 Å². The first-order valence-corrected chi connectivity index (χ1v) is 14.7. The Bertz CT molecular complexity index is 1680. The lowest BCUT2D eigenvalue weighted by atomic mass is 9.89. The number of carbonyl (C=O) groups is 2. The van der Waals surface area contributed by atoms with Gasteiger partial charge in [0.2, 0.25) is 5.91 Å². The number of hydrogen-bond donors (Lipinski definition) is 1. The van der Waals surface area contributed by atoms with Gasteiger partial charge >= 0.3 is 0 Å². The van der Waals surface area contributed by atoms with Crippen LogP contribution in [0.25, 0.3) is 16.9 Å². The molecule has 2 N–H and O–H groups in total. The van der Waals surface area contributed by atoms with Crippen molar-refractivity contribution in [2.75, 3.05) is 24.5 Å². The van der Waals surface area contributed by atoms with Gasteiger partial charge in [-0.1, -0.05) is 0 Å². The number of primary amides is 1. The van der Waals surface area contributed by atoms with Crippen LogP contribution in [-0.2, 0) is 11.2 Å². The molecular weight excluding hydrogens is 527 g/mol. The number of benzene rings is 1. The van der Waals surface area contributed by atoms with Gasteiger partial charge in [-0.25, -0.2) is 13.9 Å². The average molecular weight is 559 g/mol. The van der Waals surface area contributed by atoms with Gasteiger partial charge in [0.25, 0.3) is 5.91 Å². The van der Waals surface area contributed by atoms with Crippen molar-refractivity contribution in [1.29, 1.82) is 0 Å². The highest BCUT2D eigenvalue weighted by Crippen LogP contribution is 2.41. The van der Waals surface area contributed by atoms with E-state index in [2.05, 4.69) is 18.4 Å². The zero-order chi connectivity index (χ0) is 27.8. The van der Waals surface area contributed by atoms with Crippen molar-refractivity contribution < 1.29 is 14.0 Å². The van der Waals surface area contributed by atoms with Crippen LogP contribution in [0, 0.1) is 11.2 Å². The lowest BCUT2D eigenvalue weighted by Gasteiger charge is -2.33. The standard InChI is InChI=1S/C30H31FN6O2S/c1-17-20-8-12-40-26(20)7-10-36(17)28(38)24-14-25(18-3-4-18)37-27(33-24)15-23(34-37)21-6-5-19(13-22(21)31)35-11-9-30(2,16-35)29(32)39/h5-6,8,12-15,17-18H,3-4,7,9-11,16H2,1-2H3,(H2,32,39)/t17-,30-/m1/s1. The summed E-state index contributed by atoms with van der Waals surface area (Å²) in [7, 11) is 0. The third-order valence-corrected chi connectivity index (χ3v) is 9.87. The van der Waals surface area contributed by atoms with E-state index < -0.39 is 11.2 Å². The first kappa shape index (κ1) is 25.2. The van der Waals surface area contributed by atoms with Gasteiger partial charge in [-0.2, -0.15) is 5.10 Å². The van der Waals surface area contributed by atoms with Crippen molar-refractivity contribution in [3.63, 3.8) is 0 Å². The van der Waals surface area contributed by atoms with E-state index in [1.165, 1.54) is 16.5 Å². The highest BCUT2D eigenvalue weighted by molar-refractivity contribution is 7.10. The quantitative estimate of drug-likeness (QED) is 0.375. The number of carbonyl (C=O) groups excluding carboxylic acids is 2. The van der Waals surface area contributed by atoms with E-state index in [1.807, 2.05) is 28.9 Å². The minimum atomic E-state index is -0.616. The predicted molar refractivity (Wildman–Crippen MR) is 152 cm³/mol. The highest BCUT2D eigenvalue weighted by Gasteiger charge is 2.39. The van der Waals surface area contributed by atoms with Gasteiger partial charge in [-0.15, -0.1) is 11.3 Å². The van der Waals surface area contributed by atoms with E-state index in [-0.39, 0.29) is 17.9 Å². The molecule has 2 aliphatic heterocycles. The maximum Gasteiger partial charge on any atom is 0.273 e. The summed E-state index contributed by atoms with van der Waals surface area (Å²) in [5.41, 5.74) is 9.65. The second-order valence-corrected chi connectivity index (χ2v) is 12.6. The van der Waals surface area contributed by atoms with E-state index >= 15 is 4.39 Å². The fraction of sp³-hybridized carbons (Fsp3) is 0.400. The van der Waals surface area contributed by atoms with Crippen LogP contribution in [0.3, 0.4) is 0 Å². The number of amides is 2. The molecule has 8 nitrogen and oxygen atoms in total. The van der Waals surface area contributed by atoms with Crippen LogP contribution in [0.15, 0.2) is 41.8 Å². The van der Waals surface area contributed by atoms with Crippen molar-refractivity contribution in [2.45, 2.75) is 51.5 Å². The number of fused-ring (bicyclic) bond motifs is 2. The lowest BCUT2D eigenvalue weighted by molar-refractivity contribution is -0.125. The zero-order valence-electron chi connectivity index (χ0n) is 22.6. The van der Waals surface area contributed by atoms with Crippen molar-refractivity contribution >= 4 is 34.5 Å². The Balaban J connectivity index is 1.21. The third kappa shape index (κ3) is 4.08. The summed E-state index contributed by atoms with van der Waals surface area (Å²) >= 11 is 1.75. The number of halogens is 1. The molecule has 0 unspecified atom stereocenters. The van der Waals surface area contributed by atoms with Gasteiger partial charge in [0.15, 0.2) is 5.65 Å². The molecule has 5 heterocycles. The number of nitrogens with zero attached hydrogens (tertiary/aromatic N) is 5. The van der Waals surface area contributed by atoms with Crippen LogP contribution in [0.2, 0.25) is 0 Å². The number of aromatic nitrogens is 3. The van der Waals surface area contributed by atoms with Gasteiger partial charge in [0.05, 0.1) is 17.2 Å². The van der Waals surface area contributed by atoms with E-state index in [1.54, 1.807) is 28.0 Å². The van der Waals surface area contributed by atoms with Crippen molar-refractivity contribution in [3.8, 4) is 11.3 Å². The van der Waals surface area contributed by atoms with Gasteiger partial charge < -0.3 is 15.5 Å². The fourth-order valence-corrected chi connectivity index (χ4v) is 7.10. The molecule has 1 saturated carbocycles. The summed E-state index contributed by atoms with van der Waals surface area (Å²) < 4.78 is 17.3. The Kier molecular flexibility index (Phi) is 5.75. The summed E-state index contributed by atoms with van der Waals surface area (Å²) in [6.07, 6.45) is 3.55. The maximum atomic E-state index is 15.5. The van der Waals surface area contributed by atoms with Crippen LogP contribution in [0.4, 0.5) is 10.1 Å². The molecule has 40 heavy (non-hydrogen) atoms. The summed E-state index contributed by atoms with van der Waals surface area (Å²) in [5, 5.41) is 6.84. The van der Waals surface area contributed by atoms with Crippen LogP contribution < -0.4 is 10.6 Å². The average Bonchev–Trinajstić information content (AvgIpc) is 3.31. The molecule has 10 heteroatoms. The number of rotatable bonds is 5. The molecular formula is C30H31FN6O2S. The largest absolute Gasteiger partial charge is 0.370 e. The SMILES string of the molecule is C[C@@H]1c2ccsc2CCN1C(=O)c1cc(C2CC2)n2nc(-c3ccc(N4CC[C@@](C)(C(N)=O)C4)cc3F)cc2n1. The van der Waals surface area contributed by atoms with Crippen molar-refractivity contribution in [1.82, 2.24) is 19.5 Å². The molecule has 1 aliphatic carbocycles. The molecule has 1 aromatic carbocycles. The summed E-state index contributed by atoms with van der Waals surface area (Å²) in [4.78, 5) is 35.5. The van der Waals surface area contributed by atoms with E-state index in [0.29, 0.717) is 60.3 Å².